The Morgan fingerprint density at radius 2 is 2.35 bits per heavy atom. The predicted molar refractivity (Wildman–Crippen MR) is 75.9 cm³/mol. The molecule has 100 valence electrons. The lowest BCUT2D eigenvalue weighted by molar-refractivity contribution is -0.120. The van der Waals surface area contributed by atoms with Gasteiger partial charge >= 0.3 is 0 Å². The molecule has 1 saturated heterocycles. The fourth-order valence-corrected chi connectivity index (χ4v) is 4.15. The van der Waals surface area contributed by atoms with Gasteiger partial charge in [0.15, 0.2) is 0 Å². The molecule has 0 aromatic heterocycles. The van der Waals surface area contributed by atoms with Crippen molar-refractivity contribution in [1.82, 2.24) is 10.6 Å². The first-order valence-corrected chi connectivity index (χ1v) is 8.19. The standard InChI is InChI=1S/C11H22N2O2S2/c1-15-4-2-3-13-11(14)8-12-7-10-9-16-5-6-17-10/h10,12H,2-9H2,1H3,(H,13,14). The summed E-state index contributed by atoms with van der Waals surface area (Å²) >= 11 is 4.01. The smallest absolute Gasteiger partial charge is 0.233 e. The van der Waals surface area contributed by atoms with Crippen molar-refractivity contribution in [1.29, 1.82) is 0 Å². The van der Waals surface area contributed by atoms with Gasteiger partial charge in [0.2, 0.25) is 5.91 Å². The molecular weight excluding hydrogens is 256 g/mol. The van der Waals surface area contributed by atoms with Crippen LogP contribution in [-0.4, -0.2) is 61.8 Å². The summed E-state index contributed by atoms with van der Waals surface area (Å²) in [4.78, 5) is 11.4. The Kier molecular flexibility index (Phi) is 8.96. The van der Waals surface area contributed by atoms with Gasteiger partial charge in [-0.15, -0.1) is 0 Å². The van der Waals surface area contributed by atoms with Crippen LogP contribution in [0.15, 0.2) is 0 Å². The lowest BCUT2D eigenvalue weighted by Crippen LogP contribution is -2.38. The van der Waals surface area contributed by atoms with E-state index in [2.05, 4.69) is 10.6 Å². The van der Waals surface area contributed by atoms with E-state index in [-0.39, 0.29) is 5.91 Å². The molecule has 17 heavy (non-hydrogen) atoms. The fraction of sp³-hybridized carbons (Fsp3) is 0.909. The van der Waals surface area contributed by atoms with Gasteiger partial charge in [0.25, 0.3) is 0 Å². The van der Waals surface area contributed by atoms with Crippen molar-refractivity contribution >= 4 is 29.4 Å². The second-order valence-electron chi connectivity index (χ2n) is 3.89. The number of thioether (sulfide) groups is 2. The lowest BCUT2D eigenvalue weighted by atomic mass is 10.4. The van der Waals surface area contributed by atoms with E-state index in [1.807, 2.05) is 23.5 Å². The Bertz CT molecular complexity index is 212. The van der Waals surface area contributed by atoms with Gasteiger partial charge in [0.1, 0.15) is 0 Å². The van der Waals surface area contributed by atoms with Gasteiger partial charge in [0, 0.05) is 49.3 Å². The van der Waals surface area contributed by atoms with Crippen LogP contribution in [0.25, 0.3) is 0 Å². The molecule has 0 saturated carbocycles. The molecular formula is C11H22N2O2S2. The maximum absolute atomic E-state index is 11.4. The molecule has 1 rings (SSSR count). The summed E-state index contributed by atoms with van der Waals surface area (Å²) in [5.74, 6) is 3.78. The number of ether oxygens (including phenoxy) is 1. The first-order valence-electron chi connectivity index (χ1n) is 5.98. The zero-order valence-electron chi connectivity index (χ0n) is 10.4. The largest absolute Gasteiger partial charge is 0.385 e. The number of hydrogen-bond acceptors (Lipinski definition) is 5. The number of carbonyl (C=O) groups is 1. The molecule has 0 aliphatic carbocycles. The molecule has 1 heterocycles. The van der Waals surface area contributed by atoms with Crippen LogP contribution in [0, 0.1) is 0 Å². The van der Waals surface area contributed by atoms with Crippen LogP contribution >= 0.6 is 23.5 Å². The van der Waals surface area contributed by atoms with Crippen LogP contribution in [0.5, 0.6) is 0 Å². The van der Waals surface area contributed by atoms with Crippen molar-refractivity contribution in [2.24, 2.45) is 0 Å². The minimum Gasteiger partial charge on any atom is -0.385 e. The van der Waals surface area contributed by atoms with Crippen molar-refractivity contribution in [2.45, 2.75) is 11.7 Å². The Hall–Kier alpha value is 0.0900. The summed E-state index contributed by atoms with van der Waals surface area (Å²) in [6.45, 7) is 2.75. The van der Waals surface area contributed by atoms with E-state index in [9.17, 15) is 4.79 Å². The second kappa shape index (κ2) is 10.1. The number of methoxy groups -OCH3 is 1. The zero-order chi connectivity index (χ0) is 12.3. The highest BCUT2D eigenvalue weighted by atomic mass is 32.2. The molecule has 1 amide bonds. The Labute approximate surface area is 112 Å². The number of amides is 1. The van der Waals surface area contributed by atoms with Gasteiger partial charge in [-0.1, -0.05) is 0 Å². The third kappa shape index (κ3) is 7.91. The van der Waals surface area contributed by atoms with E-state index in [1.54, 1.807) is 7.11 Å². The number of hydrogen-bond donors (Lipinski definition) is 2. The lowest BCUT2D eigenvalue weighted by Gasteiger charge is -2.21. The van der Waals surface area contributed by atoms with Crippen molar-refractivity contribution in [3.8, 4) is 0 Å². The Morgan fingerprint density at radius 1 is 1.47 bits per heavy atom. The SMILES string of the molecule is COCCCNC(=O)CNCC1CSCCS1. The summed E-state index contributed by atoms with van der Waals surface area (Å²) in [5, 5.41) is 6.74. The molecule has 1 aliphatic rings. The molecule has 4 nitrogen and oxygen atoms in total. The van der Waals surface area contributed by atoms with E-state index >= 15 is 0 Å². The summed E-state index contributed by atoms with van der Waals surface area (Å²) < 4.78 is 4.91. The highest BCUT2D eigenvalue weighted by Gasteiger charge is 2.13. The third-order valence-electron chi connectivity index (χ3n) is 2.39. The summed E-state index contributed by atoms with van der Waals surface area (Å²) in [7, 11) is 1.67. The van der Waals surface area contributed by atoms with E-state index in [1.165, 1.54) is 17.3 Å². The molecule has 2 N–H and O–H groups in total. The fourth-order valence-electron chi connectivity index (χ4n) is 1.51. The maximum Gasteiger partial charge on any atom is 0.233 e. The monoisotopic (exact) mass is 278 g/mol. The van der Waals surface area contributed by atoms with Gasteiger partial charge in [-0.05, 0) is 6.42 Å². The van der Waals surface area contributed by atoms with Gasteiger partial charge in [0.05, 0.1) is 6.54 Å². The van der Waals surface area contributed by atoms with Crippen LogP contribution in [0.2, 0.25) is 0 Å². The van der Waals surface area contributed by atoms with Crippen molar-refractivity contribution in [2.75, 3.05) is 50.6 Å². The number of carbonyl (C=O) groups excluding carboxylic acids is 1. The minimum absolute atomic E-state index is 0.0783. The van der Waals surface area contributed by atoms with E-state index < -0.39 is 0 Å². The first-order chi connectivity index (χ1) is 8.33. The van der Waals surface area contributed by atoms with Crippen LogP contribution in [0.4, 0.5) is 0 Å². The van der Waals surface area contributed by atoms with Crippen LogP contribution in [0.1, 0.15) is 6.42 Å². The van der Waals surface area contributed by atoms with Gasteiger partial charge in [-0.25, -0.2) is 0 Å². The van der Waals surface area contributed by atoms with Gasteiger partial charge in [-0.2, -0.15) is 23.5 Å². The molecule has 1 atom stereocenters. The van der Waals surface area contributed by atoms with Gasteiger partial charge in [-0.3, -0.25) is 4.79 Å². The van der Waals surface area contributed by atoms with Crippen LogP contribution in [-0.2, 0) is 9.53 Å². The summed E-state index contributed by atoms with van der Waals surface area (Å²) in [6.07, 6.45) is 0.872. The topological polar surface area (TPSA) is 50.4 Å². The molecule has 0 radical (unpaired) electrons. The quantitative estimate of drug-likeness (QED) is 0.636. The molecule has 0 aromatic carbocycles. The molecule has 0 aromatic rings. The Morgan fingerprint density at radius 3 is 3.06 bits per heavy atom. The molecule has 1 aliphatic heterocycles. The average Bonchev–Trinajstić information content (AvgIpc) is 2.36. The first kappa shape index (κ1) is 15.1. The summed E-state index contributed by atoms with van der Waals surface area (Å²) in [6, 6.07) is 0. The number of rotatable bonds is 8. The van der Waals surface area contributed by atoms with Crippen LogP contribution < -0.4 is 10.6 Å². The predicted octanol–water partition coefficient (Wildman–Crippen LogP) is 0.577. The van der Waals surface area contributed by atoms with Crippen molar-refractivity contribution < 1.29 is 9.53 Å². The second-order valence-corrected chi connectivity index (χ2v) is 6.45. The third-order valence-corrected chi connectivity index (χ3v) is 5.23. The molecule has 0 spiro atoms. The van der Waals surface area contributed by atoms with E-state index in [0.29, 0.717) is 24.9 Å². The van der Waals surface area contributed by atoms with Gasteiger partial charge < -0.3 is 15.4 Å². The summed E-state index contributed by atoms with van der Waals surface area (Å²) in [5.41, 5.74) is 0. The normalized spacial score (nSPS) is 20.2. The van der Waals surface area contributed by atoms with E-state index in [0.717, 1.165) is 13.0 Å². The number of nitrogens with one attached hydrogen (secondary N) is 2. The molecule has 6 heteroatoms. The van der Waals surface area contributed by atoms with E-state index in [4.69, 9.17) is 4.74 Å². The zero-order valence-corrected chi connectivity index (χ0v) is 12.0. The van der Waals surface area contributed by atoms with Crippen LogP contribution in [0.3, 0.4) is 0 Å². The maximum atomic E-state index is 11.4. The molecule has 1 fully saturated rings. The molecule has 0 bridgehead atoms. The highest BCUT2D eigenvalue weighted by Crippen LogP contribution is 2.22. The molecule has 1 unspecified atom stereocenters. The average molecular weight is 278 g/mol. The van der Waals surface area contributed by atoms with Crippen molar-refractivity contribution in [3.05, 3.63) is 0 Å². The Balaban J connectivity index is 1.92. The van der Waals surface area contributed by atoms with Crippen molar-refractivity contribution in [3.63, 3.8) is 0 Å². The minimum atomic E-state index is 0.0783. The highest BCUT2D eigenvalue weighted by molar-refractivity contribution is 8.06.